The standard InChI is InChI=1S/C14H13BrFNO3/c1-19-10-6-5-8(14(20-2)11(10)15)13(18)12-9(16)4-3-7-17-12/h3-7,13,18H,1-2H3. The molecule has 0 aliphatic heterocycles. The van der Waals surface area contributed by atoms with Crippen LogP contribution in [0.25, 0.3) is 0 Å². The SMILES string of the molecule is COc1ccc(C(O)c2ncccc2F)c(OC)c1Br. The first-order valence-corrected chi connectivity index (χ1v) is 6.58. The van der Waals surface area contributed by atoms with Crippen LogP contribution in [-0.4, -0.2) is 24.3 Å². The number of methoxy groups -OCH3 is 2. The summed E-state index contributed by atoms with van der Waals surface area (Å²) in [4.78, 5) is 3.88. The summed E-state index contributed by atoms with van der Waals surface area (Å²) in [5, 5.41) is 10.3. The summed E-state index contributed by atoms with van der Waals surface area (Å²) >= 11 is 3.34. The first kappa shape index (κ1) is 14.7. The zero-order valence-corrected chi connectivity index (χ0v) is 12.5. The molecule has 0 aliphatic carbocycles. The van der Waals surface area contributed by atoms with Gasteiger partial charge in [0.15, 0.2) is 0 Å². The Morgan fingerprint density at radius 3 is 2.60 bits per heavy atom. The molecule has 1 N–H and O–H groups in total. The van der Waals surface area contributed by atoms with Crippen molar-refractivity contribution in [3.8, 4) is 11.5 Å². The third kappa shape index (κ3) is 2.62. The van der Waals surface area contributed by atoms with Gasteiger partial charge in [-0.15, -0.1) is 0 Å². The fourth-order valence-corrected chi connectivity index (χ4v) is 2.56. The van der Waals surface area contributed by atoms with Crippen molar-refractivity contribution < 1.29 is 19.0 Å². The molecule has 1 heterocycles. The molecule has 0 fully saturated rings. The number of hydrogen-bond acceptors (Lipinski definition) is 4. The quantitative estimate of drug-likeness (QED) is 0.928. The Bertz CT molecular complexity index is 621. The van der Waals surface area contributed by atoms with E-state index in [1.807, 2.05) is 0 Å². The fourth-order valence-electron chi connectivity index (χ4n) is 1.88. The number of aromatic nitrogens is 1. The molecule has 0 spiro atoms. The van der Waals surface area contributed by atoms with E-state index in [9.17, 15) is 9.50 Å². The molecule has 2 rings (SSSR count). The van der Waals surface area contributed by atoms with Crippen LogP contribution in [0.15, 0.2) is 34.9 Å². The van der Waals surface area contributed by atoms with Crippen molar-refractivity contribution in [3.05, 3.63) is 52.0 Å². The third-order valence-corrected chi connectivity index (χ3v) is 3.61. The number of hydrogen-bond donors (Lipinski definition) is 1. The van der Waals surface area contributed by atoms with Crippen LogP contribution in [0, 0.1) is 5.82 Å². The molecule has 0 aliphatic rings. The van der Waals surface area contributed by atoms with E-state index in [0.717, 1.165) is 0 Å². The second kappa shape index (κ2) is 6.19. The molecule has 1 aromatic heterocycles. The predicted molar refractivity (Wildman–Crippen MR) is 75.5 cm³/mol. The van der Waals surface area contributed by atoms with Crippen LogP contribution < -0.4 is 9.47 Å². The lowest BCUT2D eigenvalue weighted by Crippen LogP contribution is -2.07. The van der Waals surface area contributed by atoms with Crippen LogP contribution in [0.1, 0.15) is 17.4 Å². The number of rotatable bonds is 4. The minimum Gasteiger partial charge on any atom is -0.495 e. The Morgan fingerprint density at radius 2 is 2.00 bits per heavy atom. The van der Waals surface area contributed by atoms with E-state index in [1.165, 1.54) is 32.5 Å². The Labute approximate surface area is 124 Å². The molecule has 20 heavy (non-hydrogen) atoms. The molecule has 1 unspecified atom stereocenters. The lowest BCUT2D eigenvalue weighted by atomic mass is 10.0. The largest absolute Gasteiger partial charge is 0.495 e. The van der Waals surface area contributed by atoms with Crippen LogP contribution >= 0.6 is 15.9 Å². The van der Waals surface area contributed by atoms with Crippen LogP contribution in [-0.2, 0) is 0 Å². The van der Waals surface area contributed by atoms with Gasteiger partial charge in [-0.25, -0.2) is 4.39 Å². The number of benzene rings is 1. The number of nitrogens with zero attached hydrogens (tertiary/aromatic N) is 1. The van der Waals surface area contributed by atoms with E-state index in [2.05, 4.69) is 20.9 Å². The molecule has 0 radical (unpaired) electrons. The summed E-state index contributed by atoms with van der Waals surface area (Å²) in [6.07, 6.45) is 0.195. The summed E-state index contributed by atoms with van der Waals surface area (Å²) in [6.45, 7) is 0. The Morgan fingerprint density at radius 1 is 1.25 bits per heavy atom. The van der Waals surface area contributed by atoms with Crippen LogP contribution in [0.2, 0.25) is 0 Å². The highest BCUT2D eigenvalue weighted by molar-refractivity contribution is 9.10. The topological polar surface area (TPSA) is 51.6 Å². The van der Waals surface area contributed by atoms with Gasteiger partial charge in [-0.05, 0) is 40.2 Å². The molecule has 0 saturated heterocycles. The Hall–Kier alpha value is -1.66. The average molecular weight is 342 g/mol. The monoisotopic (exact) mass is 341 g/mol. The number of aliphatic hydroxyl groups excluding tert-OH is 1. The molecule has 0 bridgehead atoms. The summed E-state index contributed by atoms with van der Waals surface area (Å²) in [5.41, 5.74) is 0.348. The van der Waals surface area contributed by atoms with E-state index < -0.39 is 11.9 Å². The van der Waals surface area contributed by atoms with Crippen molar-refractivity contribution in [2.75, 3.05) is 14.2 Å². The van der Waals surface area contributed by atoms with Gasteiger partial charge in [0.05, 0.1) is 14.2 Å². The first-order valence-electron chi connectivity index (χ1n) is 5.79. The van der Waals surface area contributed by atoms with Crippen molar-refractivity contribution in [3.63, 3.8) is 0 Å². The lowest BCUT2D eigenvalue weighted by Gasteiger charge is -2.17. The maximum atomic E-state index is 13.7. The average Bonchev–Trinajstić information content (AvgIpc) is 2.46. The highest BCUT2D eigenvalue weighted by atomic mass is 79.9. The number of halogens is 2. The van der Waals surface area contributed by atoms with Gasteiger partial charge in [-0.3, -0.25) is 4.98 Å². The summed E-state index contributed by atoms with van der Waals surface area (Å²) in [5.74, 6) is 0.357. The van der Waals surface area contributed by atoms with Crippen LogP contribution in [0.5, 0.6) is 11.5 Å². The van der Waals surface area contributed by atoms with Crippen molar-refractivity contribution in [2.24, 2.45) is 0 Å². The summed E-state index contributed by atoms with van der Waals surface area (Å²) in [7, 11) is 2.98. The molecule has 6 heteroatoms. The number of aliphatic hydroxyl groups is 1. The highest BCUT2D eigenvalue weighted by Crippen LogP contribution is 2.41. The fraction of sp³-hybridized carbons (Fsp3) is 0.214. The van der Waals surface area contributed by atoms with E-state index >= 15 is 0 Å². The highest BCUT2D eigenvalue weighted by Gasteiger charge is 2.23. The zero-order chi connectivity index (χ0) is 14.7. The lowest BCUT2D eigenvalue weighted by molar-refractivity contribution is 0.204. The van der Waals surface area contributed by atoms with Crippen molar-refractivity contribution in [1.82, 2.24) is 4.98 Å². The number of pyridine rings is 1. The minimum atomic E-state index is -1.23. The van der Waals surface area contributed by atoms with Gasteiger partial charge in [-0.1, -0.05) is 0 Å². The smallest absolute Gasteiger partial charge is 0.147 e. The molecule has 1 atom stereocenters. The second-order valence-electron chi connectivity index (χ2n) is 3.98. The zero-order valence-electron chi connectivity index (χ0n) is 10.9. The maximum Gasteiger partial charge on any atom is 0.147 e. The van der Waals surface area contributed by atoms with Gasteiger partial charge in [0.1, 0.15) is 33.6 Å². The van der Waals surface area contributed by atoms with E-state index in [4.69, 9.17) is 9.47 Å². The van der Waals surface area contributed by atoms with E-state index in [0.29, 0.717) is 21.5 Å². The van der Waals surface area contributed by atoms with Crippen molar-refractivity contribution in [2.45, 2.75) is 6.10 Å². The number of ether oxygens (including phenoxy) is 2. The maximum absolute atomic E-state index is 13.7. The van der Waals surface area contributed by atoms with Crippen LogP contribution in [0.3, 0.4) is 0 Å². The molecule has 0 saturated carbocycles. The van der Waals surface area contributed by atoms with Crippen molar-refractivity contribution >= 4 is 15.9 Å². The van der Waals surface area contributed by atoms with Gasteiger partial charge >= 0.3 is 0 Å². The molecule has 2 aromatic rings. The van der Waals surface area contributed by atoms with Gasteiger partial charge in [0.2, 0.25) is 0 Å². The van der Waals surface area contributed by atoms with Gasteiger partial charge < -0.3 is 14.6 Å². The summed E-state index contributed by atoms with van der Waals surface area (Å²) < 4.78 is 24.7. The Kier molecular flexibility index (Phi) is 4.57. The van der Waals surface area contributed by atoms with E-state index in [-0.39, 0.29) is 5.69 Å². The van der Waals surface area contributed by atoms with Gasteiger partial charge in [0, 0.05) is 11.8 Å². The second-order valence-corrected chi connectivity index (χ2v) is 4.77. The third-order valence-electron chi connectivity index (χ3n) is 2.86. The molecule has 106 valence electrons. The van der Waals surface area contributed by atoms with Crippen LogP contribution in [0.4, 0.5) is 4.39 Å². The van der Waals surface area contributed by atoms with Gasteiger partial charge in [0.25, 0.3) is 0 Å². The van der Waals surface area contributed by atoms with Gasteiger partial charge in [-0.2, -0.15) is 0 Å². The molecule has 0 amide bonds. The summed E-state index contributed by atoms with van der Waals surface area (Å²) in [6, 6.07) is 5.98. The molecule has 1 aromatic carbocycles. The molecular weight excluding hydrogens is 329 g/mol. The molecule has 4 nitrogen and oxygen atoms in total. The predicted octanol–water partition coefficient (Wildman–Crippen LogP) is 3.08. The van der Waals surface area contributed by atoms with E-state index in [1.54, 1.807) is 12.1 Å². The normalized spacial score (nSPS) is 12.1. The Balaban J connectivity index is 2.53. The van der Waals surface area contributed by atoms with Crippen molar-refractivity contribution in [1.29, 1.82) is 0 Å². The minimum absolute atomic E-state index is 0.0529. The first-order chi connectivity index (χ1) is 9.60. The molecular formula is C14H13BrFNO3.